The molecule has 0 radical (unpaired) electrons. The Hall–Kier alpha value is -2.34. The molecule has 0 heteroatoms. The second-order valence-corrected chi connectivity index (χ2v) is 5.36. The summed E-state index contributed by atoms with van der Waals surface area (Å²) in [5, 5.41) is 0. The van der Waals surface area contributed by atoms with Crippen molar-refractivity contribution in [3.8, 4) is 0 Å². The minimum atomic E-state index is 0.917. The SMILES string of the molecule is C=C(C)CC(/C=C/Cc1ccccc1)=C\c1ccccc1. The summed E-state index contributed by atoms with van der Waals surface area (Å²) in [5.41, 5.74) is 5.05. The Kier molecular flexibility index (Phi) is 5.78. The Morgan fingerprint density at radius 1 is 0.952 bits per heavy atom. The third-order valence-electron chi connectivity index (χ3n) is 3.19. The Morgan fingerprint density at radius 3 is 2.19 bits per heavy atom. The van der Waals surface area contributed by atoms with Crippen LogP contribution in [0.5, 0.6) is 0 Å². The zero-order chi connectivity index (χ0) is 14.9. The second kappa shape index (κ2) is 8.06. The summed E-state index contributed by atoms with van der Waals surface area (Å²) >= 11 is 0. The first-order valence-corrected chi connectivity index (χ1v) is 7.34. The van der Waals surface area contributed by atoms with Crippen molar-refractivity contribution in [1.82, 2.24) is 0 Å². The van der Waals surface area contributed by atoms with Gasteiger partial charge in [-0.05, 0) is 36.5 Å². The summed E-state index contributed by atoms with van der Waals surface area (Å²) in [6, 6.07) is 21.0. The molecule has 0 spiro atoms. The largest absolute Gasteiger partial charge is 0.0998 e. The maximum absolute atomic E-state index is 4.03. The molecule has 0 nitrogen and oxygen atoms in total. The molecule has 0 saturated carbocycles. The maximum Gasteiger partial charge on any atom is -0.00725 e. The molecular formula is C21H22. The molecule has 0 heterocycles. The van der Waals surface area contributed by atoms with Crippen LogP contribution in [0, 0.1) is 0 Å². The van der Waals surface area contributed by atoms with Crippen molar-refractivity contribution in [2.24, 2.45) is 0 Å². The first kappa shape index (κ1) is 15.1. The average molecular weight is 274 g/mol. The molecule has 0 bridgehead atoms. The van der Waals surface area contributed by atoms with Gasteiger partial charge in [0.25, 0.3) is 0 Å². The second-order valence-electron chi connectivity index (χ2n) is 5.36. The van der Waals surface area contributed by atoms with E-state index in [4.69, 9.17) is 0 Å². The number of benzene rings is 2. The van der Waals surface area contributed by atoms with Gasteiger partial charge < -0.3 is 0 Å². The maximum atomic E-state index is 4.03. The minimum Gasteiger partial charge on any atom is -0.0998 e. The molecule has 0 unspecified atom stereocenters. The van der Waals surface area contributed by atoms with Crippen LogP contribution in [0.15, 0.2) is 90.5 Å². The van der Waals surface area contributed by atoms with Gasteiger partial charge >= 0.3 is 0 Å². The van der Waals surface area contributed by atoms with E-state index in [2.05, 4.69) is 86.3 Å². The lowest BCUT2D eigenvalue weighted by molar-refractivity contribution is 1.16. The smallest absolute Gasteiger partial charge is 0.00725 e. The van der Waals surface area contributed by atoms with Gasteiger partial charge in [-0.15, -0.1) is 0 Å². The van der Waals surface area contributed by atoms with Gasteiger partial charge in [0.2, 0.25) is 0 Å². The molecule has 0 atom stereocenters. The summed E-state index contributed by atoms with van der Waals surface area (Å²) in [5.74, 6) is 0. The van der Waals surface area contributed by atoms with Gasteiger partial charge in [-0.1, -0.05) is 91.0 Å². The fourth-order valence-corrected chi connectivity index (χ4v) is 2.23. The quantitative estimate of drug-likeness (QED) is 0.459. The Bertz CT molecular complexity index is 616. The third kappa shape index (κ3) is 5.66. The zero-order valence-corrected chi connectivity index (χ0v) is 12.6. The van der Waals surface area contributed by atoms with E-state index in [-0.39, 0.29) is 0 Å². The van der Waals surface area contributed by atoms with Crippen LogP contribution < -0.4 is 0 Å². The normalized spacial score (nSPS) is 11.8. The summed E-state index contributed by atoms with van der Waals surface area (Å²) < 4.78 is 0. The topological polar surface area (TPSA) is 0 Å². The Morgan fingerprint density at radius 2 is 1.57 bits per heavy atom. The van der Waals surface area contributed by atoms with E-state index < -0.39 is 0 Å². The van der Waals surface area contributed by atoms with E-state index in [0.29, 0.717) is 0 Å². The first-order valence-electron chi connectivity index (χ1n) is 7.34. The number of allylic oxidation sites excluding steroid dienone is 4. The molecule has 2 aromatic rings. The van der Waals surface area contributed by atoms with Crippen molar-refractivity contribution in [2.75, 3.05) is 0 Å². The lowest BCUT2D eigenvalue weighted by Gasteiger charge is -2.03. The van der Waals surface area contributed by atoms with Gasteiger partial charge in [0.1, 0.15) is 0 Å². The van der Waals surface area contributed by atoms with Crippen LogP contribution in [-0.2, 0) is 6.42 Å². The molecule has 2 rings (SSSR count). The monoisotopic (exact) mass is 274 g/mol. The molecule has 0 amide bonds. The predicted molar refractivity (Wildman–Crippen MR) is 93.1 cm³/mol. The van der Waals surface area contributed by atoms with Crippen molar-refractivity contribution < 1.29 is 0 Å². The van der Waals surface area contributed by atoms with Gasteiger partial charge in [0, 0.05) is 0 Å². The molecular weight excluding hydrogens is 252 g/mol. The first-order chi connectivity index (χ1) is 10.2. The molecule has 2 aromatic carbocycles. The van der Waals surface area contributed by atoms with Gasteiger partial charge in [-0.2, -0.15) is 0 Å². The molecule has 0 fully saturated rings. The Labute approximate surface area is 128 Å². The summed E-state index contributed by atoms with van der Waals surface area (Å²) in [6.45, 7) is 6.10. The minimum absolute atomic E-state index is 0.917. The highest BCUT2D eigenvalue weighted by molar-refractivity contribution is 5.56. The van der Waals surface area contributed by atoms with Gasteiger partial charge in [-0.25, -0.2) is 0 Å². The van der Waals surface area contributed by atoms with Crippen molar-refractivity contribution in [3.05, 3.63) is 102 Å². The lowest BCUT2D eigenvalue weighted by atomic mass is 10.0. The average Bonchev–Trinajstić information content (AvgIpc) is 2.49. The fraction of sp³-hybridized carbons (Fsp3) is 0.143. The van der Waals surface area contributed by atoms with Crippen molar-refractivity contribution in [2.45, 2.75) is 19.8 Å². The van der Waals surface area contributed by atoms with Crippen LogP contribution >= 0.6 is 0 Å². The van der Waals surface area contributed by atoms with Crippen molar-refractivity contribution in [3.63, 3.8) is 0 Å². The molecule has 0 aromatic heterocycles. The van der Waals surface area contributed by atoms with E-state index in [9.17, 15) is 0 Å². The molecule has 21 heavy (non-hydrogen) atoms. The molecule has 0 N–H and O–H groups in total. The highest BCUT2D eigenvalue weighted by Crippen LogP contribution is 2.15. The van der Waals surface area contributed by atoms with Crippen LogP contribution in [0.3, 0.4) is 0 Å². The van der Waals surface area contributed by atoms with Crippen LogP contribution in [-0.4, -0.2) is 0 Å². The van der Waals surface area contributed by atoms with E-state index in [1.165, 1.54) is 22.3 Å². The Balaban J connectivity index is 2.09. The molecule has 0 saturated heterocycles. The lowest BCUT2D eigenvalue weighted by Crippen LogP contribution is -1.84. The summed E-state index contributed by atoms with van der Waals surface area (Å²) in [4.78, 5) is 0. The zero-order valence-electron chi connectivity index (χ0n) is 12.6. The van der Waals surface area contributed by atoms with E-state index in [1.807, 2.05) is 6.07 Å². The van der Waals surface area contributed by atoms with E-state index in [1.54, 1.807) is 0 Å². The number of rotatable bonds is 6. The van der Waals surface area contributed by atoms with Gasteiger partial charge in [-0.3, -0.25) is 0 Å². The molecule has 0 aliphatic carbocycles. The van der Waals surface area contributed by atoms with Crippen molar-refractivity contribution >= 4 is 6.08 Å². The highest BCUT2D eigenvalue weighted by atomic mass is 14.0. The van der Waals surface area contributed by atoms with Crippen LogP contribution in [0.2, 0.25) is 0 Å². The van der Waals surface area contributed by atoms with Crippen LogP contribution in [0.1, 0.15) is 24.5 Å². The number of hydrogen-bond acceptors (Lipinski definition) is 0. The highest BCUT2D eigenvalue weighted by Gasteiger charge is 1.95. The standard InChI is InChI=1S/C21H22/c1-18(2)16-21(17-20-12-7-4-8-13-20)15-9-14-19-10-5-3-6-11-19/h3-13,15,17H,1,14,16H2,2H3/b15-9+,21-17-. The summed E-state index contributed by atoms with van der Waals surface area (Å²) in [7, 11) is 0. The fourth-order valence-electron chi connectivity index (χ4n) is 2.23. The van der Waals surface area contributed by atoms with Gasteiger partial charge in [0.05, 0.1) is 0 Å². The van der Waals surface area contributed by atoms with E-state index in [0.717, 1.165) is 12.8 Å². The van der Waals surface area contributed by atoms with E-state index >= 15 is 0 Å². The molecule has 0 aliphatic rings. The van der Waals surface area contributed by atoms with Crippen LogP contribution in [0.25, 0.3) is 6.08 Å². The van der Waals surface area contributed by atoms with Crippen LogP contribution in [0.4, 0.5) is 0 Å². The molecule has 106 valence electrons. The van der Waals surface area contributed by atoms with Gasteiger partial charge in [0.15, 0.2) is 0 Å². The predicted octanol–water partition coefficient (Wildman–Crippen LogP) is 5.84. The van der Waals surface area contributed by atoms with Crippen molar-refractivity contribution in [1.29, 1.82) is 0 Å². The summed E-state index contributed by atoms with van der Waals surface area (Å²) in [6.07, 6.45) is 8.56. The number of hydrogen-bond donors (Lipinski definition) is 0. The third-order valence-corrected chi connectivity index (χ3v) is 3.19. The molecule has 0 aliphatic heterocycles.